The van der Waals surface area contributed by atoms with Crippen LogP contribution >= 0.6 is 7.82 Å². The molecule has 0 rings (SSSR count). The van der Waals surface area contributed by atoms with Gasteiger partial charge in [-0.25, -0.2) is 0 Å². The lowest BCUT2D eigenvalue weighted by atomic mass is 10.1. The first-order chi connectivity index (χ1) is 34.0. The van der Waals surface area contributed by atoms with E-state index in [0.717, 1.165) is 96.3 Å². The highest BCUT2D eigenvalue weighted by Crippen LogP contribution is 2.38. The maximum atomic E-state index is 12.8. The van der Waals surface area contributed by atoms with Gasteiger partial charge in [0.2, 0.25) is 0 Å². The molecule has 0 N–H and O–H groups in total. The molecule has 70 heavy (non-hydrogen) atoms. The van der Waals surface area contributed by atoms with Gasteiger partial charge in [-0.05, 0) is 96.3 Å². The maximum absolute atomic E-state index is 12.8. The van der Waals surface area contributed by atoms with Crippen LogP contribution in [0.25, 0.3) is 0 Å². The molecule has 2 atom stereocenters. The Morgan fingerprint density at radius 1 is 0.457 bits per heavy atom. The summed E-state index contributed by atoms with van der Waals surface area (Å²) in [6.45, 7) is 4.09. The lowest BCUT2D eigenvalue weighted by molar-refractivity contribution is -0.870. The Morgan fingerprint density at radius 2 is 0.814 bits per heavy atom. The van der Waals surface area contributed by atoms with Crippen LogP contribution in [0.4, 0.5) is 0 Å². The third-order valence-corrected chi connectivity index (χ3v) is 12.6. The molecule has 0 aliphatic rings. The van der Waals surface area contributed by atoms with E-state index >= 15 is 0 Å². The molecule has 0 aliphatic heterocycles. The Hall–Kier alpha value is -3.07. The van der Waals surface area contributed by atoms with Gasteiger partial charge in [0.25, 0.3) is 7.82 Å². The minimum absolute atomic E-state index is 0.0398. The molecule has 0 aromatic heterocycles. The van der Waals surface area contributed by atoms with Crippen LogP contribution in [0.2, 0.25) is 0 Å². The Bertz CT molecular complexity index is 1500. The summed E-state index contributed by atoms with van der Waals surface area (Å²) in [6, 6.07) is 0. The monoisotopic (exact) mass is 998 g/mol. The van der Waals surface area contributed by atoms with Gasteiger partial charge in [0, 0.05) is 12.8 Å². The molecule has 10 heteroatoms. The fourth-order valence-electron chi connectivity index (χ4n) is 7.28. The average molecular weight is 998 g/mol. The number of phosphoric ester groups is 1. The summed E-state index contributed by atoms with van der Waals surface area (Å²) in [5.74, 6) is -0.859. The van der Waals surface area contributed by atoms with Gasteiger partial charge in [0.05, 0.1) is 27.7 Å². The number of likely N-dealkylation sites (N-methyl/N-ethyl adjacent to an activating group) is 1. The van der Waals surface area contributed by atoms with Crippen molar-refractivity contribution in [3.63, 3.8) is 0 Å². The standard InChI is InChI=1S/C60H104NO8P/c1-6-8-10-12-14-16-18-20-22-24-26-28-30-32-34-36-38-40-42-44-46-48-50-52-59(62)66-56-58(57-68-70(64,65)67-55-54-61(3,4)5)69-60(63)53-51-49-47-45-43-41-39-37-35-33-31-29-27-25-23-21-19-17-15-13-11-9-7-2/h9,11,15,17-18,20-21,23-24,26-27,29-30,32-33,35,58H,6-8,10,12-14,16,19,22,25,28,31,34,36-57H2,1-5H3/b11-9-,17-15-,20-18-,23-21-,26-24-,29-27-,32-30-,35-33-. The van der Waals surface area contributed by atoms with E-state index in [2.05, 4.69) is 111 Å². The summed E-state index contributed by atoms with van der Waals surface area (Å²) >= 11 is 0. The van der Waals surface area contributed by atoms with E-state index in [0.29, 0.717) is 23.9 Å². The lowest BCUT2D eigenvalue weighted by Crippen LogP contribution is -2.37. The Kier molecular flexibility index (Phi) is 48.6. The predicted octanol–water partition coefficient (Wildman–Crippen LogP) is 16.6. The van der Waals surface area contributed by atoms with Gasteiger partial charge in [0.15, 0.2) is 6.10 Å². The van der Waals surface area contributed by atoms with Crippen molar-refractivity contribution >= 4 is 19.8 Å². The van der Waals surface area contributed by atoms with Crippen molar-refractivity contribution in [2.24, 2.45) is 0 Å². The molecule has 0 saturated heterocycles. The van der Waals surface area contributed by atoms with Crippen LogP contribution in [-0.2, 0) is 32.7 Å². The molecule has 9 nitrogen and oxygen atoms in total. The van der Waals surface area contributed by atoms with Crippen molar-refractivity contribution in [2.45, 2.75) is 225 Å². The van der Waals surface area contributed by atoms with E-state index < -0.39 is 32.5 Å². The van der Waals surface area contributed by atoms with Crippen molar-refractivity contribution < 1.29 is 42.1 Å². The summed E-state index contributed by atoms with van der Waals surface area (Å²) in [4.78, 5) is 37.8. The van der Waals surface area contributed by atoms with Crippen molar-refractivity contribution in [3.05, 3.63) is 97.2 Å². The molecule has 0 amide bonds. The van der Waals surface area contributed by atoms with Gasteiger partial charge in [-0.1, -0.05) is 207 Å². The molecule has 0 aromatic rings. The zero-order chi connectivity index (χ0) is 51.3. The molecule has 0 aliphatic carbocycles. The number of rotatable bonds is 50. The number of ether oxygens (including phenoxy) is 2. The van der Waals surface area contributed by atoms with E-state index in [-0.39, 0.29) is 26.1 Å². The molecule has 0 bridgehead atoms. The lowest BCUT2D eigenvalue weighted by Gasteiger charge is -2.28. The normalized spacial score (nSPS) is 14.1. The second-order valence-electron chi connectivity index (χ2n) is 19.6. The van der Waals surface area contributed by atoms with Gasteiger partial charge < -0.3 is 27.9 Å². The number of carbonyl (C=O) groups excluding carboxylic acids is 2. The summed E-state index contributed by atoms with van der Waals surface area (Å²) in [5.41, 5.74) is 0. The zero-order valence-corrected chi connectivity index (χ0v) is 46.3. The third-order valence-electron chi connectivity index (χ3n) is 11.6. The third kappa shape index (κ3) is 54.3. The Labute approximate surface area is 430 Å². The topological polar surface area (TPSA) is 111 Å². The number of carbonyl (C=O) groups is 2. The minimum atomic E-state index is -4.65. The molecule has 0 radical (unpaired) electrons. The summed E-state index contributed by atoms with van der Waals surface area (Å²) in [6.07, 6.45) is 68.6. The van der Waals surface area contributed by atoms with Crippen molar-refractivity contribution in [3.8, 4) is 0 Å². The predicted molar refractivity (Wildman–Crippen MR) is 295 cm³/mol. The summed E-state index contributed by atoms with van der Waals surface area (Å²) in [5, 5.41) is 0. The number of unbranched alkanes of at least 4 members (excludes halogenated alkanes) is 20. The molecular formula is C60H104NO8P. The van der Waals surface area contributed by atoms with Crippen molar-refractivity contribution in [1.82, 2.24) is 0 Å². The van der Waals surface area contributed by atoms with Crippen LogP contribution in [-0.4, -0.2) is 70.0 Å². The Morgan fingerprint density at radius 3 is 1.21 bits per heavy atom. The number of hydrogen-bond donors (Lipinski definition) is 0. The molecule has 2 unspecified atom stereocenters. The smallest absolute Gasteiger partial charge is 0.306 e. The van der Waals surface area contributed by atoms with Crippen LogP contribution in [0.5, 0.6) is 0 Å². The molecule has 402 valence electrons. The highest BCUT2D eigenvalue weighted by molar-refractivity contribution is 7.45. The zero-order valence-electron chi connectivity index (χ0n) is 45.4. The van der Waals surface area contributed by atoms with Gasteiger partial charge in [0.1, 0.15) is 19.8 Å². The van der Waals surface area contributed by atoms with E-state index in [9.17, 15) is 19.0 Å². The molecule has 0 aromatic carbocycles. The number of nitrogens with zero attached hydrogens (tertiary/aromatic N) is 1. The highest BCUT2D eigenvalue weighted by atomic mass is 31.2. The first-order valence-corrected chi connectivity index (χ1v) is 29.4. The van der Waals surface area contributed by atoms with E-state index in [1.165, 1.54) is 83.5 Å². The van der Waals surface area contributed by atoms with Crippen LogP contribution in [0, 0.1) is 0 Å². The van der Waals surface area contributed by atoms with Crippen molar-refractivity contribution in [2.75, 3.05) is 47.5 Å². The molecule has 0 heterocycles. The second-order valence-corrected chi connectivity index (χ2v) is 21.0. The summed E-state index contributed by atoms with van der Waals surface area (Å²) < 4.78 is 34.1. The van der Waals surface area contributed by atoms with E-state index in [1.807, 2.05) is 21.1 Å². The second kappa shape index (κ2) is 50.9. The number of esters is 2. The van der Waals surface area contributed by atoms with Crippen LogP contribution in [0.3, 0.4) is 0 Å². The number of quaternary nitrogens is 1. The molecule has 0 saturated carbocycles. The number of hydrogen-bond acceptors (Lipinski definition) is 8. The van der Waals surface area contributed by atoms with Crippen LogP contribution in [0.1, 0.15) is 219 Å². The fraction of sp³-hybridized carbons (Fsp3) is 0.700. The Balaban J connectivity index is 4.27. The quantitative estimate of drug-likeness (QED) is 0.0195. The highest BCUT2D eigenvalue weighted by Gasteiger charge is 2.21. The van der Waals surface area contributed by atoms with Gasteiger partial charge in [-0.3, -0.25) is 14.2 Å². The SMILES string of the molecule is CC/C=C\C/C=C\C/C=C\C/C=C\C/C=C\CCCCCCCCCC(=O)OC(COC(=O)CCCCCCCCCC/C=C\C/C=C\C/C=C\CCCCCCC)COP(=O)([O-])OCC[N+](C)(C)C. The van der Waals surface area contributed by atoms with E-state index in [4.69, 9.17) is 18.5 Å². The van der Waals surface area contributed by atoms with Crippen LogP contribution < -0.4 is 4.89 Å². The average Bonchev–Trinajstić information content (AvgIpc) is 3.32. The number of allylic oxidation sites excluding steroid dienone is 16. The number of phosphoric acid groups is 1. The van der Waals surface area contributed by atoms with Crippen LogP contribution in [0.15, 0.2) is 97.2 Å². The first-order valence-electron chi connectivity index (χ1n) is 27.9. The molecule has 0 spiro atoms. The van der Waals surface area contributed by atoms with Gasteiger partial charge in [-0.2, -0.15) is 0 Å². The minimum Gasteiger partial charge on any atom is -0.756 e. The fourth-order valence-corrected chi connectivity index (χ4v) is 8.01. The molecule has 0 fully saturated rings. The van der Waals surface area contributed by atoms with Crippen molar-refractivity contribution in [1.29, 1.82) is 0 Å². The maximum Gasteiger partial charge on any atom is 0.306 e. The summed E-state index contributed by atoms with van der Waals surface area (Å²) in [7, 11) is 1.14. The van der Waals surface area contributed by atoms with Gasteiger partial charge in [-0.15, -0.1) is 0 Å². The largest absolute Gasteiger partial charge is 0.756 e. The van der Waals surface area contributed by atoms with E-state index in [1.54, 1.807) is 0 Å². The van der Waals surface area contributed by atoms with Gasteiger partial charge >= 0.3 is 11.9 Å². The first kappa shape index (κ1) is 66.9. The molecular weight excluding hydrogens is 894 g/mol.